The summed E-state index contributed by atoms with van der Waals surface area (Å²) >= 11 is 0. The van der Waals surface area contributed by atoms with E-state index in [4.69, 9.17) is 9.15 Å². The van der Waals surface area contributed by atoms with Crippen LogP contribution in [0.5, 0.6) is 5.75 Å². The molecule has 4 nitrogen and oxygen atoms in total. The molecular weight excluding hydrogens is 278 g/mol. The summed E-state index contributed by atoms with van der Waals surface area (Å²) in [7, 11) is 1.78. The number of amides is 1. The van der Waals surface area contributed by atoms with Crippen LogP contribution in [0.4, 0.5) is 0 Å². The van der Waals surface area contributed by atoms with Crippen molar-refractivity contribution in [2.75, 3.05) is 13.7 Å². The Kier molecular flexibility index (Phi) is 5.26. The number of carbonyl (C=O) groups excluding carboxylic acids is 1. The number of furan rings is 1. The van der Waals surface area contributed by atoms with Gasteiger partial charge in [-0.1, -0.05) is 17.7 Å². The zero-order valence-electron chi connectivity index (χ0n) is 13.6. The van der Waals surface area contributed by atoms with Crippen LogP contribution in [0, 0.1) is 13.8 Å². The van der Waals surface area contributed by atoms with Crippen LogP contribution in [0.3, 0.4) is 0 Å². The lowest BCUT2D eigenvalue weighted by molar-refractivity contribution is -0.132. The SMILES string of the molecule is Cc1ccc(OCCC(=O)N(C)C(C)c2ccco2)c(C)c1. The van der Waals surface area contributed by atoms with E-state index in [-0.39, 0.29) is 11.9 Å². The molecule has 0 radical (unpaired) electrons. The lowest BCUT2D eigenvalue weighted by Gasteiger charge is -2.23. The molecule has 0 aliphatic heterocycles. The average Bonchev–Trinajstić information content (AvgIpc) is 3.02. The fourth-order valence-electron chi connectivity index (χ4n) is 2.32. The van der Waals surface area contributed by atoms with Gasteiger partial charge in [-0.3, -0.25) is 4.79 Å². The zero-order chi connectivity index (χ0) is 16.1. The number of benzene rings is 1. The standard InChI is InChI=1S/C18H23NO3/c1-13-7-8-16(14(2)12-13)22-11-9-18(20)19(4)15(3)17-6-5-10-21-17/h5-8,10,12,15H,9,11H2,1-4H3. The van der Waals surface area contributed by atoms with Gasteiger partial charge in [0, 0.05) is 7.05 Å². The molecule has 0 aliphatic rings. The first-order chi connectivity index (χ1) is 10.5. The number of hydrogen-bond donors (Lipinski definition) is 0. The Labute approximate surface area is 131 Å². The fraction of sp³-hybridized carbons (Fsp3) is 0.389. The Morgan fingerprint density at radius 1 is 1.32 bits per heavy atom. The monoisotopic (exact) mass is 301 g/mol. The molecule has 1 atom stereocenters. The minimum absolute atomic E-state index is 0.0358. The highest BCUT2D eigenvalue weighted by Gasteiger charge is 2.19. The van der Waals surface area contributed by atoms with Gasteiger partial charge in [0.2, 0.25) is 5.91 Å². The van der Waals surface area contributed by atoms with Crippen molar-refractivity contribution in [3.63, 3.8) is 0 Å². The van der Waals surface area contributed by atoms with E-state index in [0.29, 0.717) is 13.0 Å². The summed E-state index contributed by atoms with van der Waals surface area (Å²) in [6.07, 6.45) is 1.96. The average molecular weight is 301 g/mol. The summed E-state index contributed by atoms with van der Waals surface area (Å²) in [5.41, 5.74) is 2.29. The van der Waals surface area contributed by atoms with Crippen molar-refractivity contribution in [2.24, 2.45) is 0 Å². The van der Waals surface area contributed by atoms with E-state index in [9.17, 15) is 4.79 Å². The van der Waals surface area contributed by atoms with Gasteiger partial charge in [-0.05, 0) is 44.5 Å². The van der Waals surface area contributed by atoms with Crippen molar-refractivity contribution < 1.29 is 13.9 Å². The van der Waals surface area contributed by atoms with Crippen molar-refractivity contribution >= 4 is 5.91 Å². The number of ether oxygens (including phenoxy) is 1. The van der Waals surface area contributed by atoms with Crippen LogP contribution < -0.4 is 4.74 Å². The second kappa shape index (κ2) is 7.16. The van der Waals surface area contributed by atoms with Gasteiger partial charge in [-0.2, -0.15) is 0 Å². The predicted molar refractivity (Wildman–Crippen MR) is 85.9 cm³/mol. The number of hydrogen-bond acceptors (Lipinski definition) is 3. The van der Waals surface area contributed by atoms with Crippen LogP contribution in [0.15, 0.2) is 41.0 Å². The highest BCUT2D eigenvalue weighted by molar-refractivity contribution is 5.76. The van der Waals surface area contributed by atoms with Crippen molar-refractivity contribution in [2.45, 2.75) is 33.2 Å². The quantitative estimate of drug-likeness (QED) is 0.813. The topological polar surface area (TPSA) is 42.7 Å². The van der Waals surface area contributed by atoms with Gasteiger partial charge in [0.1, 0.15) is 11.5 Å². The van der Waals surface area contributed by atoms with Gasteiger partial charge in [0.15, 0.2) is 0 Å². The summed E-state index contributed by atoms with van der Waals surface area (Å²) in [6, 6.07) is 9.65. The first-order valence-corrected chi connectivity index (χ1v) is 7.48. The summed E-state index contributed by atoms with van der Waals surface area (Å²) < 4.78 is 11.1. The van der Waals surface area contributed by atoms with Crippen LogP contribution in [-0.4, -0.2) is 24.5 Å². The van der Waals surface area contributed by atoms with Crippen molar-refractivity contribution in [3.8, 4) is 5.75 Å². The number of carbonyl (C=O) groups is 1. The zero-order valence-corrected chi connectivity index (χ0v) is 13.6. The van der Waals surface area contributed by atoms with Gasteiger partial charge < -0.3 is 14.1 Å². The normalized spacial score (nSPS) is 12.0. The van der Waals surface area contributed by atoms with Gasteiger partial charge in [-0.15, -0.1) is 0 Å². The molecule has 4 heteroatoms. The van der Waals surface area contributed by atoms with Crippen LogP contribution in [0.2, 0.25) is 0 Å². The lowest BCUT2D eigenvalue weighted by atomic mass is 10.1. The molecule has 0 fully saturated rings. The van der Waals surface area contributed by atoms with Crippen molar-refractivity contribution in [1.82, 2.24) is 4.90 Å². The molecule has 0 spiro atoms. The van der Waals surface area contributed by atoms with Crippen LogP contribution in [0.1, 0.15) is 36.3 Å². The third-order valence-corrected chi connectivity index (χ3v) is 3.83. The van der Waals surface area contributed by atoms with E-state index in [0.717, 1.165) is 17.1 Å². The third-order valence-electron chi connectivity index (χ3n) is 3.83. The highest BCUT2D eigenvalue weighted by Crippen LogP contribution is 2.21. The molecule has 0 bridgehead atoms. The third kappa shape index (κ3) is 3.91. The Balaban J connectivity index is 1.84. The molecule has 1 aromatic carbocycles. The number of aryl methyl sites for hydroxylation is 2. The van der Waals surface area contributed by atoms with Crippen LogP contribution in [0.25, 0.3) is 0 Å². The summed E-state index contributed by atoms with van der Waals surface area (Å²) in [5.74, 6) is 1.65. The lowest BCUT2D eigenvalue weighted by Crippen LogP contribution is -2.30. The molecule has 1 aromatic heterocycles. The fourth-order valence-corrected chi connectivity index (χ4v) is 2.32. The molecule has 0 N–H and O–H groups in total. The predicted octanol–water partition coefficient (Wildman–Crippen LogP) is 3.88. The molecule has 118 valence electrons. The molecular formula is C18H23NO3. The van der Waals surface area contributed by atoms with Gasteiger partial charge in [-0.25, -0.2) is 0 Å². The van der Waals surface area contributed by atoms with E-state index in [1.165, 1.54) is 5.56 Å². The molecule has 0 saturated carbocycles. The molecule has 22 heavy (non-hydrogen) atoms. The summed E-state index contributed by atoms with van der Waals surface area (Å²) in [6.45, 7) is 6.38. The first kappa shape index (κ1) is 16.1. The van der Waals surface area contributed by atoms with Gasteiger partial charge in [0.05, 0.1) is 25.3 Å². The first-order valence-electron chi connectivity index (χ1n) is 7.48. The largest absolute Gasteiger partial charge is 0.493 e. The number of rotatable bonds is 6. The molecule has 1 unspecified atom stereocenters. The van der Waals surface area contributed by atoms with Crippen LogP contribution >= 0.6 is 0 Å². The molecule has 2 aromatic rings. The van der Waals surface area contributed by atoms with E-state index in [2.05, 4.69) is 6.07 Å². The molecule has 2 rings (SSSR count). The smallest absolute Gasteiger partial charge is 0.226 e. The summed E-state index contributed by atoms with van der Waals surface area (Å²) in [4.78, 5) is 13.9. The maximum atomic E-state index is 12.2. The summed E-state index contributed by atoms with van der Waals surface area (Å²) in [5, 5.41) is 0. The molecule has 1 heterocycles. The second-order valence-electron chi connectivity index (χ2n) is 5.56. The van der Waals surface area contributed by atoms with E-state index >= 15 is 0 Å². The minimum atomic E-state index is -0.0800. The number of nitrogens with zero attached hydrogens (tertiary/aromatic N) is 1. The minimum Gasteiger partial charge on any atom is -0.493 e. The van der Waals surface area contributed by atoms with E-state index in [1.54, 1.807) is 18.2 Å². The van der Waals surface area contributed by atoms with E-state index in [1.807, 2.05) is 45.0 Å². The highest BCUT2D eigenvalue weighted by atomic mass is 16.5. The maximum Gasteiger partial charge on any atom is 0.226 e. The Morgan fingerprint density at radius 3 is 2.73 bits per heavy atom. The Bertz CT molecular complexity index is 619. The molecule has 0 saturated heterocycles. The van der Waals surface area contributed by atoms with Gasteiger partial charge >= 0.3 is 0 Å². The molecule has 0 aliphatic carbocycles. The van der Waals surface area contributed by atoms with Crippen LogP contribution in [-0.2, 0) is 4.79 Å². The second-order valence-corrected chi connectivity index (χ2v) is 5.56. The maximum absolute atomic E-state index is 12.2. The van der Waals surface area contributed by atoms with Gasteiger partial charge in [0.25, 0.3) is 0 Å². The van der Waals surface area contributed by atoms with Crippen molar-refractivity contribution in [1.29, 1.82) is 0 Å². The van der Waals surface area contributed by atoms with E-state index < -0.39 is 0 Å². The van der Waals surface area contributed by atoms with Crippen molar-refractivity contribution in [3.05, 3.63) is 53.5 Å². The Hall–Kier alpha value is -2.23. The Morgan fingerprint density at radius 2 is 2.09 bits per heavy atom. The molecule has 1 amide bonds.